The summed E-state index contributed by atoms with van der Waals surface area (Å²) in [4.78, 5) is 15.0. The van der Waals surface area contributed by atoms with Crippen molar-refractivity contribution < 1.29 is 19.0 Å². The Bertz CT molecular complexity index is 1080. The van der Waals surface area contributed by atoms with Crippen molar-refractivity contribution in [2.45, 2.75) is 18.9 Å². The largest absolute Gasteiger partial charge is 0.493 e. The number of hydrogen-bond acceptors (Lipinski definition) is 5. The number of thioether (sulfide) groups is 1. The third kappa shape index (κ3) is 5.54. The molecule has 0 spiro atoms. The number of anilines is 1. The second kappa shape index (κ2) is 11.0. The van der Waals surface area contributed by atoms with Crippen LogP contribution in [0.25, 0.3) is 0 Å². The zero-order valence-electron chi connectivity index (χ0n) is 18.8. The predicted octanol–water partition coefficient (Wildman–Crippen LogP) is 5.95. The van der Waals surface area contributed by atoms with E-state index in [1.807, 2.05) is 84.6 Å². The number of urea groups is 1. The molecule has 33 heavy (non-hydrogen) atoms. The van der Waals surface area contributed by atoms with Crippen LogP contribution in [0.2, 0.25) is 0 Å². The number of carbonyl (C=O) groups is 1. The van der Waals surface area contributed by atoms with E-state index >= 15 is 0 Å². The van der Waals surface area contributed by atoms with E-state index in [1.54, 1.807) is 18.9 Å². The predicted molar refractivity (Wildman–Crippen MR) is 132 cm³/mol. The van der Waals surface area contributed by atoms with Gasteiger partial charge in [-0.1, -0.05) is 48.5 Å². The zero-order chi connectivity index (χ0) is 23.0. The number of nitrogens with one attached hydrogen (secondary N) is 1. The van der Waals surface area contributed by atoms with Crippen LogP contribution in [0.1, 0.15) is 23.4 Å². The summed E-state index contributed by atoms with van der Waals surface area (Å²) in [5.74, 6) is 2.85. The summed E-state index contributed by atoms with van der Waals surface area (Å²) in [5.41, 5.74) is 2.74. The van der Waals surface area contributed by atoms with Crippen LogP contribution < -0.4 is 19.5 Å². The van der Waals surface area contributed by atoms with Crippen LogP contribution in [-0.4, -0.2) is 36.9 Å². The van der Waals surface area contributed by atoms with Crippen molar-refractivity contribution in [1.29, 1.82) is 0 Å². The van der Waals surface area contributed by atoms with Crippen molar-refractivity contribution in [2.75, 3.05) is 31.3 Å². The number of methoxy groups -OCH3 is 1. The number of hydrogen-bond donors (Lipinski definition) is 1. The Balaban J connectivity index is 1.51. The summed E-state index contributed by atoms with van der Waals surface area (Å²) in [5, 5.41) is 2.90. The van der Waals surface area contributed by atoms with E-state index in [-0.39, 0.29) is 11.4 Å². The van der Waals surface area contributed by atoms with Crippen LogP contribution in [0, 0.1) is 0 Å². The maximum atomic E-state index is 13.2. The maximum Gasteiger partial charge on any atom is 0.323 e. The number of amides is 2. The lowest BCUT2D eigenvalue weighted by Crippen LogP contribution is -2.34. The molecular formula is C26H28N2O4S. The average molecular weight is 465 g/mol. The van der Waals surface area contributed by atoms with Crippen molar-refractivity contribution in [3.8, 4) is 17.2 Å². The molecule has 3 aromatic carbocycles. The van der Waals surface area contributed by atoms with E-state index in [4.69, 9.17) is 14.2 Å². The number of ether oxygens (including phenoxy) is 3. The van der Waals surface area contributed by atoms with Gasteiger partial charge in [0.25, 0.3) is 0 Å². The Morgan fingerprint density at radius 1 is 1.00 bits per heavy atom. The molecule has 1 unspecified atom stereocenters. The van der Waals surface area contributed by atoms with Crippen LogP contribution in [0.4, 0.5) is 10.5 Å². The fourth-order valence-electron chi connectivity index (χ4n) is 3.69. The molecule has 3 aromatic rings. The van der Waals surface area contributed by atoms with Crippen LogP contribution >= 0.6 is 11.8 Å². The van der Waals surface area contributed by atoms with E-state index in [0.29, 0.717) is 42.7 Å². The first-order valence-corrected chi connectivity index (χ1v) is 12.0. The molecule has 1 fully saturated rings. The molecule has 1 aliphatic rings. The van der Waals surface area contributed by atoms with Gasteiger partial charge in [-0.2, -0.15) is 0 Å². The SMILES string of the molecule is CCOc1ccccc1NC(=O)N1CCSC1c1ccc(OC)c(OCc2ccccc2)c1. The molecule has 6 nitrogen and oxygen atoms in total. The monoisotopic (exact) mass is 464 g/mol. The molecule has 172 valence electrons. The normalized spacial score (nSPS) is 15.2. The lowest BCUT2D eigenvalue weighted by molar-refractivity contribution is 0.214. The average Bonchev–Trinajstić information content (AvgIpc) is 3.35. The minimum absolute atomic E-state index is 0.116. The first kappa shape index (κ1) is 22.9. The Morgan fingerprint density at radius 2 is 1.79 bits per heavy atom. The summed E-state index contributed by atoms with van der Waals surface area (Å²) >= 11 is 1.73. The lowest BCUT2D eigenvalue weighted by Gasteiger charge is -2.25. The van der Waals surface area contributed by atoms with Crippen LogP contribution in [-0.2, 0) is 6.61 Å². The second-order valence-electron chi connectivity index (χ2n) is 7.46. The molecule has 0 aliphatic carbocycles. The summed E-state index contributed by atoms with van der Waals surface area (Å²) in [6.45, 7) is 3.56. The van der Waals surface area contributed by atoms with Crippen molar-refractivity contribution in [3.63, 3.8) is 0 Å². The summed E-state index contributed by atoms with van der Waals surface area (Å²) in [7, 11) is 1.63. The number of benzene rings is 3. The fraction of sp³-hybridized carbons (Fsp3) is 0.269. The minimum Gasteiger partial charge on any atom is -0.493 e. The molecule has 4 rings (SSSR count). The zero-order valence-corrected chi connectivity index (χ0v) is 19.6. The topological polar surface area (TPSA) is 60.0 Å². The Morgan fingerprint density at radius 3 is 2.58 bits per heavy atom. The highest BCUT2D eigenvalue weighted by atomic mass is 32.2. The lowest BCUT2D eigenvalue weighted by atomic mass is 10.1. The van der Waals surface area contributed by atoms with E-state index in [0.717, 1.165) is 16.9 Å². The van der Waals surface area contributed by atoms with Gasteiger partial charge >= 0.3 is 6.03 Å². The Labute approximate surface area is 198 Å². The van der Waals surface area contributed by atoms with Crippen molar-refractivity contribution >= 4 is 23.5 Å². The molecule has 1 heterocycles. The molecule has 1 saturated heterocycles. The summed E-state index contributed by atoms with van der Waals surface area (Å²) in [6.07, 6.45) is 0. The van der Waals surface area contributed by atoms with Gasteiger partial charge in [0.15, 0.2) is 11.5 Å². The molecule has 1 N–H and O–H groups in total. The fourth-order valence-corrected chi connectivity index (χ4v) is 4.93. The van der Waals surface area contributed by atoms with Crippen LogP contribution in [0.5, 0.6) is 17.2 Å². The third-order valence-electron chi connectivity index (χ3n) is 5.29. The van der Waals surface area contributed by atoms with E-state index in [1.165, 1.54) is 0 Å². The molecule has 2 amide bonds. The Kier molecular flexibility index (Phi) is 7.62. The van der Waals surface area contributed by atoms with Gasteiger partial charge < -0.3 is 24.4 Å². The maximum absolute atomic E-state index is 13.2. The van der Waals surface area contributed by atoms with Gasteiger partial charge in [0, 0.05) is 12.3 Å². The molecule has 0 radical (unpaired) electrons. The highest BCUT2D eigenvalue weighted by Crippen LogP contribution is 2.41. The van der Waals surface area contributed by atoms with Crippen molar-refractivity contribution in [1.82, 2.24) is 4.90 Å². The molecule has 1 atom stereocenters. The van der Waals surface area contributed by atoms with Gasteiger partial charge in [-0.05, 0) is 42.3 Å². The summed E-state index contributed by atoms with van der Waals surface area (Å²) < 4.78 is 17.2. The second-order valence-corrected chi connectivity index (χ2v) is 8.65. The van der Waals surface area contributed by atoms with Crippen molar-refractivity contribution in [3.05, 3.63) is 83.9 Å². The molecule has 0 aromatic heterocycles. The smallest absolute Gasteiger partial charge is 0.323 e. The number of rotatable bonds is 8. The highest BCUT2D eigenvalue weighted by molar-refractivity contribution is 7.99. The van der Waals surface area contributed by atoms with Crippen LogP contribution in [0.3, 0.4) is 0 Å². The van der Waals surface area contributed by atoms with Crippen molar-refractivity contribution in [2.24, 2.45) is 0 Å². The number of nitrogens with zero attached hydrogens (tertiary/aromatic N) is 1. The quantitative estimate of drug-likeness (QED) is 0.446. The Hall–Kier alpha value is -3.32. The van der Waals surface area contributed by atoms with Gasteiger partial charge in [-0.25, -0.2) is 4.79 Å². The van der Waals surface area contributed by atoms with E-state index < -0.39 is 0 Å². The van der Waals surface area contributed by atoms with Crippen LogP contribution in [0.15, 0.2) is 72.8 Å². The van der Waals surface area contributed by atoms with E-state index in [9.17, 15) is 4.79 Å². The number of carbonyl (C=O) groups excluding carboxylic acids is 1. The molecule has 0 saturated carbocycles. The molecule has 7 heteroatoms. The first-order valence-electron chi connectivity index (χ1n) is 10.9. The first-order chi connectivity index (χ1) is 16.2. The highest BCUT2D eigenvalue weighted by Gasteiger charge is 2.31. The third-order valence-corrected chi connectivity index (χ3v) is 6.55. The van der Waals surface area contributed by atoms with E-state index in [2.05, 4.69) is 5.32 Å². The molecule has 1 aliphatic heterocycles. The standard InChI is InChI=1S/C26H28N2O4S/c1-3-31-22-12-8-7-11-21(22)27-26(29)28-15-16-33-25(28)20-13-14-23(30-2)24(17-20)32-18-19-9-5-4-6-10-19/h4-14,17,25H,3,15-16,18H2,1-2H3,(H,27,29). The summed E-state index contributed by atoms with van der Waals surface area (Å²) in [6, 6.07) is 23.2. The van der Waals surface area contributed by atoms with Gasteiger partial charge in [-0.3, -0.25) is 0 Å². The minimum atomic E-state index is -0.153. The van der Waals surface area contributed by atoms with Gasteiger partial charge in [0.2, 0.25) is 0 Å². The molecule has 0 bridgehead atoms. The number of para-hydroxylation sites is 2. The van der Waals surface area contributed by atoms with Gasteiger partial charge in [-0.15, -0.1) is 11.8 Å². The van der Waals surface area contributed by atoms with Gasteiger partial charge in [0.1, 0.15) is 17.7 Å². The molecular weight excluding hydrogens is 436 g/mol. The van der Waals surface area contributed by atoms with Gasteiger partial charge in [0.05, 0.1) is 19.4 Å².